The van der Waals surface area contributed by atoms with E-state index in [1.165, 1.54) is 12.1 Å². The summed E-state index contributed by atoms with van der Waals surface area (Å²) in [6.45, 7) is 4.76. The van der Waals surface area contributed by atoms with Gasteiger partial charge in [0.1, 0.15) is 11.6 Å². The standard InChI is InChI=1S/C32H32FN3O2.C2H6/c33-25-16-14-24(15-17-25)31-29(23-9-3-1-4-10-23)30(32(38)35-26-11-5-2-6-12-26)28(21-34)36(31)19-18-22-8-7-13-27(37)20-22;1-2/h1-6,9-12,14-17,22H,7-8,13,18-21,34H2,(H,35,38);1-2H3. The van der Waals surface area contributed by atoms with Crippen LogP contribution >= 0.6 is 0 Å². The number of aromatic nitrogens is 1. The smallest absolute Gasteiger partial charge is 0.258 e. The van der Waals surface area contributed by atoms with Crippen LogP contribution in [0.3, 0.4) is 0 Å². The summed E-state index contributed by atoms with van der Waals surface area (Å²) in [6, 6.07) is 25.5. The average molecular weight is 540 g/mol. The number of anilines is 1. The predicted molar refractivity (Wildman–Crippen MR) is 160 cm³/mol. The molecule has 208 valence electrons. The van der Waals surface area contributed by atoms with Gasteiger partial charge in [-0.2, -0.15) is 0 Å². The first kappa shape index (κ1) is 29.0. The molecule has 0 radical (unpaired) electrons. The summed E-state index contributed by atoms with van der Waals surface area (Å²) in [5, 5.41) is 3.04. The van der Waals surface area contributed by atoms with Crippen molar-refractivity contribution in [1.29, 1.82) is 0 Å². The van der Waals surface area contributed by atoms with Crippen molar-refractivity contribution in [1.82, 2.24) is 4.57 Å². The zero-order valence-electron chi connectivity index (χ0n) is 23.3. The van der Waals surface area contributed by atoms with Gasteiger partial charge < -0.3 is 15.6 Å². The molecule has 5 rings (SSSR count). The van der Waals surface area contributed by atoms with E-state index in [1.54, 1.807) is 12.1 Å². The number of para-hydroxylation sites is 1. The minimum absolute atomic E-state index is 0.155. The second-order valence-electron chi connectivity index (χ2n) is 9.88. The Kier molecular flexibility index (Phi) is 10.0. The van der Waals surface area contributed by atoms with Crippen LogP contribution in [-0.4, -0.2) is 16.3 Å². The molecule has 0 spiro atoms. The van der Waals surface area contributed by atoms with Crippen molar-refractivity contribution in [2.75, 3.05) is 5.32 Å². The van der Waals surface area contributed by atoms with Gasteiger partial charge in [0, 0.05) is 42.9 Å². The predicted octanol–water partition coefficient (Wildman–Crippen LogP) is 7.85. The Morgan fingerprint density at radius 3 is 2.23 bits per heavy atom. The Balaban J connectivity index is 0.00000181. The number of carbonyl (C=O) groups excluding carboxylic acids is 2. The third-order valence-electron chi connectivity index (χ3n) is 7.35. The Labute approximate surface area is 236 Å². The van der Waals surface area contributed by atoms with Crippen molar-refractivity contribution in [3.63, 3.8) is 0 Å². The fraction of sp³-hybridized carbons (Fsp3) is 0.294. The molecule has 1 atom stereocenters. The molecule has 0 saturated heterocycles. The molecule has 1 aliphatic carbocycles. The summed E-state index contributed by atoms with van der Waals surface area (Å²) < 4.78 is 16.1. The molecule has 3 aromatic carbocycles. The van der Waals surface area contributed by atoms with E-state index >= 15 is 0 Å². The number of hydrogen-bond donors (Lipinski definition) is 2. The van der Waals surface area contributed by atoms with E-state index in [0.29, 0.717) is 42.3 Å². The van der Waals surface area contributed by atoms with Gasteiger partial charge in [0.25, 0.3) is 5.91 Å². The van der Waals surface area contributed by atoms with E-state index in [0.717, 1.165) is 47.3 Å². The van der Waals surface area contributed by atoms with E-state index in [-0.39, 0.29) is 18.3 Å². The molecule has 40 heavy (non-hydrogen) atoms. The molecule has 1 aromatic heterocycles. The van der Waals surface area contributed by atoms with Gasteiger partial charge in [-0.1, -0.05) is 62.4 Å². The quantitative estimate of drug-likeness (QED) is 0.239. The second-order valence-corrected chi connectivity index (χ2v) is 9.88. The number of Topliss-reactive ketones (excluding diaryl/α,β-unsaturated/α-hetero) is 1. The third-order valence-corrected chi connectivity index (χ3v) is 7.35. The van der Waals surface area contributed by atoms with Crippen LogP contribution in [0.1, 0.15) is 62.0 Å². The molecule has 1 fully saturated rings. The highest BCUT2D eigenvalue weighted by Gasteiger charge is 2.29. The molecule has 1 heterocycles. The molecule has 3 N–H and O–H groups in total. The van der Waals surface area contributed by atoms with Crippen LogP contribution in [0.4, 0.5) is 10.1 Å². The van der Waals surface area contributed by atoms with Crippen molar-refractivity contribution in [3.05, 3.63) is 102 Å². The number of nitrogens with zero attached hydrogens (tertiary/aromatic N) is 1. The summed E-state index contributed by atoms with van der Waals surface area (Å²) in [5.74, 6) is 0.0481. The third kappa shape index (κ3) is 6.57. The number of halogens is 1. The molecule has 5 nitrogen and oxygen atoms in total. The monoisotopic (exact) mass is 539 g/mol. The normalized spacial score (nSPS) is 14.8. The van der Waals surface area contributed by atoms with Crippen LogP contribution in [-0.2, 0) is 17.9 Å². The van der Waals surface area contributed by atoms with E-state index < -0.39 is 0 Å². The van der Waals surface area contributed by atoms with Crippen LogP contribution in [0, 0.1) is 11.7 Å². The first-order valence-electron chi connectivity index (χ1n) is 14.2. The fourth-order valence-corrected chi connectivity index (χ4v) is 5.55. The lowest BCUT2D eigenvalue weighted by Crippen LogP contribution is -2.20. The summed E-state index contributed by atoms with van der Waals surface area (Å²) in [6.07, 6.45) is 4.00. The van der Waals surface area contributed by atoms with Gasteiger partial charge in [0.15, 0.2) is 0 Å². The van der Waals surface area contributed by atoms with Gasteiger partial charge in [-0.3, -0.25) is 9.59 Å². The molecule has 1 unspecified atom stereocenters. The molecule has 1 aliphatic rings. The Morgan fingerprint density at radius 1 is 0.950 bits per heavy atom. The molecule has 1 amide bonds. The van der Waals surface area contributed by atoms with E-state index in [9.17, 15) is 14.0 Å². The van der Waals surface area contributed by atoms with Crippen molar-refractivity contribution >= 4 is 17.4 Å². The first-order chi connectivity index (χ1) is 19.5. The van der Waals surface area contributed by atoms with Crippen LogP contribution in [0.5, 0.6) is 0 Å². The van der Waals surface area contributed by atoms with Crippen LogP contribution < -0.4 is 11.1 Å². The lowest BCUT2D eigenvalue weighted by atomic mass is 9.86. The van der Waals surface area contributed by atoms with Gasteiger partial charge in [0.2, 0.25) is 0 Å². The summed E-state index contributed by atoms with van der Waals surface area (Å²) in [7, 11) is 0. The maximum Gasteiger partial charge on any atom is 0.258 e. The molecule has 0 bridgehead atoms. The maximum atomic E-state index is 14.0. The molecular formula is C34H38FN3O2. The Bertz CT molecular complexity index is 1410. The molecular weight excluding hydrogens is 501 g/mol. The van der Waals surface area contributed by atoms with Crippen molar-refractivity contribution in [2.45, 2.75) is 59.0 Å². The van der Waals surface area contributed by atoms with Gasteiger partial charge in [-0.25, -0.2) is 4.39 Å². The fourth-order valence-electron chi connectivity index (χ4n) is 5.55. The van der Waals surface area contributed by atoms with Crippen LogP contribution in [0.25, 0.3) is 22.4 Å². The van der Waals surface area contributed by atoms with Gasteiger partial charge in [-0.15, -0.1) is 0 Å². The SMILES string of the molecule is CC.NCc1c(C(=O)Nc2ccccc2)c(-c2ccccc2)c(-c2ccc(F)cc2)n1CCC1CCCC(=O)C1. The summed E-state index contributed by atoms with van der Waals surface area (Å²) in [5.41, 5.74) is 11.6. The van der Waals surface area contributed by atoms with E-state index in [4.69, 9.17) is 5.73 Å². The van der Waals surface area contributed by atoms with Crippen molar-refractivity contribution in [3.8, 4) is 22.4 Å². The summed E-state index contributed by atoms with van der Waals surface area (Å²) >= 11 is 0. The molecule has 4 aromatic rings. The minimum atomic E-state index is -0.324. The molecule has 0 aliphatic heterocycles. The van der Waals surface area contributed by atoms with Crippen molar-refractivity contribution < 1.29 is 14.0 Å². The van der Waals surface area contributed by atoms with Crippen LogP contribution in [0.15, 0.2) is 84.9 Å². The van der Waals surface area contributed by atoms with E-state index in [2.05, 4.69) is 9.88 Å². The maximum absolute atomic E-state index is 14.0. The molecule has 6 heteroatoms. The van der Waals surface area contributed by atoms with Crippen molar-refractivity contribution in [2.24, 2.45) is 11.7 Å². The highest BCUT2D eigenvalue weighted by atomic mass is 19.1. The Morgan fingerprint density at radius 2 is 1.60 bits per heavy atom. The van der Waals surface area contributed by atoms with Gasteiger partial charge in [-0.05, 0) is 72.7 Å². The highest BCUT2D eigenvalue weighted by Crippen LogP contribution is 2.41. The molecule has 1 saturated carbocycles. The number of rotatable bonds is 8. The number of carbonyl (C=O) groups is 2. The lowest BCUT2D eigenvalue weighted by molar-refractivity contribution is -0.121. The lowest BCUT2D eigenvalue weighted by Gasteiger charge is -2.22. The number of hydrogen-bond acceptors (Lipinski definition) is 3. The van der Waals surface area contributed by atoms with Crippen LogP contribution in [0.2, 0.25) is 0 Å². The second kappa shape index (κ2) is 13.9. The minimum Gasteiger partial charge on any atom is -0.342 e. The Hall–Kier alpha value is -4.03. The number of nitrogens with two attached hydrogens (primary N) is 1. The van der Waals surface area contributed by atoms with Gasteiger partial charge >= 0.3 is 0 Å². The summed E-state index contributed by atoms with van der Waals surface area (Å²) in [4.78, 5) is 26.0. The first-order valence-corrected chi connectivity index (χ1v) is 14.2. The van der Waals surface area contributed by atoms with E-state index in [1.807, 2.05) is 74.5 Å². The zero-order chi connectivity index (χ0) is 28.5. The van der Waals surface area contributed by atoms with Gasteiger partial charge in [0.05, 0.1) is 11.3 Å². The topological polar surface area (TPSA) is 77.1 Å². The number of nitrogens with one attached hydrogen (secondary N) is 1. The average Bonchev–Trinajstić information content (AvgIpc) is 3.33. The number of ketones is 1. The highest BCUT2D eigenvalue weighted by molar-refractivity contribution is 6.12. The zero-order valence-corrected chi connectivity index (χ0v) is 23.3. The number of amides is 1. The largest absolute Gasteiger partial charge is 0.342 e. The number of benzene rings is 3.